The van der Waals surface area contributed by atoms with Gasteiger partial charge in [-0.3, -0.25) is 4.79 Å². The Morgan fingerprint density at radius 2 is 2.12 bits per heavy atom. The lowest BCUT2D eigenvalue weighted by atomic mass is 9.85. The van der Waals surface area contributed by atoms with Gasteiger partial charge in [-0.05, 0) is 37.6 Å². The van der Waals surface area contributed by atoms with Crippen molar-refractivity contribution in [2.75, 3.05) is 32.1 Å². The number of aliphatic hydroxyl groups excluding tert-OH is 1. The topological polar surface area (TPSA) is 109 Å². The van der Waals surface area contributed by atoms with E-state index in [2.05, 4.69) is 20.6 Å². The molecule has 9 heteroatoms. The number of hydrogen-bond acceptors (Lipinski definition) is 6. The van der Waals surface area contributed by atoms with Gasteiger partial charge < -0.3 is 30.2 Å². The molecule has 32 heavy (non-hydrogen) atoms. The van der Waals surface area contributed by atoms with E-state index < -0.39 is 11.9 Å². The van der Waals surface area contributed by atoms with E-state index in [0.717, 1.165) is 5.39 Å². The van der Waals surface area contributed by atoms with Crippen LogP contribution in [0.25, 0.3) is 11.0 Å². The first-order valence-electron chi connectivity index (χ1n) is 10.4. The average Bonchev–Trinajstić information content (AvgIpc) is 3.19. The van der Waals surface area contributed by atoms with Gasteiger partial charge in [0.15, 0.2) is 11.6 Å². The molecule has 2 unspecified atom stereocenters. The molecule has 2 atom stereocenters. The molecule has 2 aromatic heterocycles. The zero-order valence-electron chi connectivity index (χ0n) is 18.4. The number of rotatable bonds is 11. The van der Waals surface area contributed by atoms with E-state index in [1.165, 1.54) is 12.1 Å². The van der Waals surface area contributed by atoms with Gasteiger partial charge in [0.05, 0.1) is 24.6 Å². The first-order valence-corrected chi connectivity index (χ1v) is 10.4. The quantitative estimate of drug-likeness (QED) is 0.361. The second-order valence-corrected chi connectivity index (χ2v) is 8.24. The van der Waals surface area contributed by atoms with Crippen LogP contribution in [-0.2, 0) is 9.53 Å². The van der Waals surface area contributed by atoms with Gasteiger partial charge >= 0.3 is 0 Å². The predicted octanol–water partition coefficient (Wildman–Crippen LogP) is 3.45. The van der Waals surface area contributed by atoms with Crippen LogP contribution in [0.5, 0.6) is 11.5 Å². The number of anilines is 1. The summed E-state index contributed by atoms with van der Waals surface area (Å²) in [7, 11) is 1.60. The van der Waals surface area contributed by atoms with Crippen molar-refractivity contribution in [2.24, 2.45) is 5.41 Å². The molecule has 0 aliphatic rings. The van der Waals surface area contributed by atoms with Crippen molar-refractivity contribution >= 4 is 22.6 Å². The number of aromatic amines is 1. The summed E-state index contributed by atoms with van der Waals surface area (Å²) < 4.78 is 25.5. The van der Waals surface area contributed by atoms with Crippen molar-refractivity contribution < 1.29 is 23.8 Å². The number of carbonyl (C=O) groups excluding carboxylic acids is 1. The summed E-state index contributed by atoms with van der Waals surface area (Å²) in [4.78, 5) is 19.4. The van der Waals surface area contributed by atoms with Crippen LogP contribution >= 0.6 is 0 Å². The minimum atomic E-state index is -0.596. The number of carbonyl (C=O) groups is 1. The van der Waals surface area contributed by atoms with E-state index in [0.29, 0.717) is 36.7 Å². The first kappa shape index (κ1) is 23.6. The second-order valence-electron chi connectivity index (χ2n) is 8.24. The molecule has 1 amide bonds. The third kappa shape index (κ3) is 6.25. The number of nitrogens with zero attached hydrogens (tertiary/aromatic N) is 1. The Balaban J connectivity index is 1.56. The molecule has 0 saturated carbocycles. The highest BCUT2D eigenvalue weighted by atomic mass is 19.1. The highest BCUT2D eigenvalue weighted by Gasteiger charge is 2.26. The number of fused-ring (bicyclic) bond motifs is 1. The molecule has 172 valence electrons. The zero-order chi connectivity index (χ0) is 23.1. The largest absolute Gasteiger partial charge is 0.453 e. The summed E-state index contributed by atoms with van der Waals surface area (Å²) in [5.74, 6) is -0.380. The summed E-state index contributed by atoms with van der Waals surface area (Å²) in [6.45, 7) is 4.68. The minimum absolute atomic E-state index is 0.0431. The molecule has 4 N–H and O–H groups in total. The van der Waals surface area contributed by atoms with Gasteiger partial charge in [0.25, 0.3) is 0 Å². The van der Waals surface area contributed by atoms with Crippen molar-refractivity contribution in [3.05, 3.63) is 48.5 Å². The van der Waals surface area contributed by atoms with E-state index >= 15 is 0 Å². The van der Waals surface area contributed by atoms with E-state index in [1.807, 2.05) is 6.92 Å². The number of benzene rings is 1. The summed E-state index contributed by atoms with van der Waals surface area (Å²) in [6, 6.07) is 7.72. The summed E-state index contributed by atoms with van der Waals surface area (Å²) in [5, 5.41) is 16.2. The highest BCUT2D eigenvalue weighted by molar-refractivity contribution is 5.92. The van der Waals surface area contributed by atoms with Crippen LogP contribution < -0.4 is 15.4 Å². The lowest BCUT2D eigenvalue weighted by Gasteiger charge is -2.30. The van der Waals surface area contributed by atoms with Crippen LogP contribution in [0.15, 0.2) is 42.7 Å². The number of ether oxygens (including phenoxy) is 2. The molecule has 8 nitrogen and oxygen atoms in total. The first-order chi connectivity index (χ1) is 15.3. The third-order valence-electron chi connectivity index (χ3n) is 4.97. The second kappa shape index (κ2) is 10.5. The molecule has 0 bridgehead atoms. The lowest BCUT2D eigenvalue weighted by Crippen LogP contribution is -2.40. The normalized spacial score (nSPS) is 14.2. The molecule has 3 rings (SSSR count). The molecular weight excluding hydrogens is 415 g/mol. The highest BCUT2D eigenvalue weighted by Crippen LogP contribution is 2.31. The number of halogens is 1. The fourth-order valence-electron chi connectivity index (χ4n) is 3.73. The summed E-state index contributed by atoms with van der Waals surface area (Å²) >= 11 is 0. The Hall–Kier alpha value is -3.01. The third-order valence-corrected chi connectivity index (χ3v) is 4.97. The molecular formula is C23H29FN4O4. The monoisotopic (exact) mass is 444 g/mol. The van der Waals surface area contributed by atoms with Gasteiger partial charge in [-0.25, -0.2) is 9.37 Å². The Morgan fingerprint density at radius 1 is 1.31 bits per heavy atom. The summed E-state index contributed by atoms with van der Waals surface area (Å²) in [6.07, 6.45) is 3.37. The van der Waals surface area contributed by atoms with E-state index in [-0.39, 0.29) is 23.6 Å². The Labute approximate surface area is 186 Å². The van der Waals surface area contributed by atoms with Gasteiger partial charge in [-0.2, -0.15) is 0 Å². The maximum atomic E-state index is 14.6. The van der Waals surface area contributed by atoms with Crippen molar-refractivity contribution in [3.63, 3.8) is 0 Å². The van der Waals surface area contributed by atoms with Crippen molar-refractivity contribution in [2.45, 2.75) is 26.4 Å². The van der Waals surface area contributed by atoms with E-state index in [1.54, 1.807) is 44.6 Å². The Bertz CT molecular complexity index is 1060. The van der Waals surface area contributed by atoms with Gasteiger partial charge in [0.1, 0.15) is 11.4 Å². The SMILES string of the molecule is COCC(C)(CNCC(=O)Nc1ccc(Oc2ccnc3[nH]ccc23)c(F)c1)CC(C)O. The number of methoxy groups -OCH3 is 1. The van der Waals surface area contributed by atoms with Gasteiger partial charge in [-0.15, -0.1) is 0 Å². The van der Waals surface area contributed by atoms with Crippen LogP contribution in [0.2, 0.25) is 0 Å². The minimum Gasteiger partial charge on any atom is -0.453 e. The maximum absolute atomic E-state index is 14.6. The number of pyridine rings is 1. The molecule has 0 saturated heterocycles. The van der Waals surface area contributed by atoms with Crippen LogP contribution in [0.4, 0.5) is 10.1 Å². The van der Waals surface area contributed by atoms with Crippen LogP contribution in [0.1, 0.15) is 20.3 Å². The zero-order valence-corrected chi connectivity index (χ0v) is 18.4. The van der Waals surface area contributed by atoms with Crippen LogP contribution in [0, 0.1) is 11.2 Å². The molecule has 0 spiro atoms. The van der Waals surface area contributed by atoms with Gasteiger partial charge in [0, 0.05) is 43.2 Å². The molecule has 0 fully saturated rings. The van der Waals surface area contributed by atoms with Crippen molar-refractivity contribution in [3.8, 4) is 11.5 Å². The fourth-order valence-corrected chi connectivity index (χ4v) is 3.73. The van der Waals surface area contributed by atoms with Gasteiger partial charge in [-0.1, -0.05) is 6.92 Å². The molecule has 0 aliphatic carbocycles. The maximum Gasteiger partial charge on any atom is 0.238 e. The lowest BCUT2D eigenvalue weighted by molar-refractivity contribution is -0.115. The number of nitrogens with one attached hydrogen (secondary N) is 3. The summed E-state index contributed by atoms with van der Waals surface area (Å²) in [5.41, 5.74) is 0.660. The Kier molecular flexibility index (Phi) is 7.79. The smallest absolute Gasteiger partial charge is 0.238 e. The average molecular weight is 445 g/mol. The number of aromatic nitrogens is 2. The molecule has 2 heterocycles. The molecule has 0 aliphatic heterocycles. The Morgan fingerprint density at radius 3 is 2.84 bits per heavy atom. The molecule has 1 aromatic carbocycles. The van der Waals surface area contributed by atoms with E-state index in [9.17, 15) is 14.3 Å². The number of amides is 1. The van der Waals surface area contributed by atoms with Crippen LogP contribution in [-0.4, -0.2) is 53.9 Å². The van der Waals surface area contributed by atoms with Crippen LogP contribution in [0.3, 0.4) is 0 Å². The number of hydrogen-bond donors (Lipinski definition) is 4. The number of aliphatic hydroxyl groups is 1. The van der Waals surface area contributed by atoms with Crippen molar-refractivity contribution in [1.29, 1.82) is 0 Å². The molecule has 3 aromatic rings. The predicted molar refractivity (Wildman–Crippen MR) is 120 cm³/mol. The molecule has 0 radical (unpaired) electrons. The van der Waals surface area contributed by atoms with E-state index in [4.69, 9.17) is 9.47 Å². The number of H-pyrrole nitrogens is 1. The standard InChI is InChI=1S/C23H29FN4O4/c1-15(29)11-23(2,14-31-3)13-25-12-21(30)28-16-4-5-20(18(24)10-16)32-19-7-9-27-22-17(19)6-8-26-22/h4-10,15,25,29H,11-14H2,1-3H3,(H,26,27)(H,28,30). The van der Waals surface area contributed by atoms with Crippen molar-refractivity contribution in [1.82, 2.24) is 15.3 Å². The van der Waals surface area contributed by atoms with Gasteiger partial charge in [0.2, 0.25) is 5.91 Å². The fraction of sp³-hybridized carbons (Fsp3) is 0.391.